The van der Waals surface area contributed by atoms with E-state index >= 15 is 0 Å². The van der Waals surface area contributed by atoms with Gasteiger partial charge in [0.1, 0.15) is 6.79 Å². The third-order valence-corrected chi connectivity index (χ3v) is 2.21. The quantitative estimate of drug-likeness (QED) is 0.508. The first kappa shape index (κ1) is 9.67. The van der Waals surface area contributed by atoms with E-state index < -0.39 is 0 Å². The highest BCUT2D eigenvalue weighted by molar-refractivity contribution is 5.10. The van der Waals surface area contributed by atoms with Crippen molar-refractivity contribution in [3.63, 3.8) is 0 Å². The van der Waals surface area contributed by atoms with Crippen LogP contribution in [0.15, 0.2) is 0 Å². The van der Waals surface area contributed by atoms with E-state index in [4.69, 9.17) is 4.79 Å². The first-order chi connectivity index (χ1) is 4.71. The molecule has 1 saturated carbocycles. The molecule has 0 aromatic carbocycles. The fourth-order valence-electron chi connectivity index (χ4n) is 1.51. The van der Waals surface area contributed by atoms with Crippen LogP contribution in [-0.4, -0.2) is 6.79 Å². The standard InChI is InChI=1S/C8H16.CH2O/c1-8(2)6-4-3-5-7-8;1-2/h3-7H2,1-2H3;1H2. The lowest BCUT2D eigenvalue weighted by atomic mass is 9.78. The van der Waals surface area contributed by atoms with E-state index in [9.17, 15) is 0 Å². The Morgan fingerprint density at radius 2 is 1.40 bits per heavy atom. The lowest BCUT2D eigenvalue weighted by molar-refractivity contribution is -0.0979. The van der Waals surface area contributed by atoms with Crippen LogP contribution in [0.3, 0.4) is 0 Å². The minimum Gasteiger partial charge on any atom is -0.307 e. The minimum atomic E-state index is 0.679. The second-order valence-electron chi connectivity index (χ2n) is 3.72. The summed E-state index contributed by atoms with van der Waals surface area (Å²) in [5.41, 5.74) is 0.679. The van der Waals surface area contributed by atoms with Crippen molar-refractivity contribution in [2.24, 2.45) is 5.41 Å². The summed E-state index contributed by atoms with van der Waals surface area (Å²) in [6, 6.07) is 0. The molecule has 0 saturated heterocycles. The molecule has 10 heavy (non-hydrogen) atoms. The monoisotopic (exact) mass is 142 g/mol. The van der Waals surface area contributed by atoms with Crippen LogP contribution in [0.1, 0.15) is 46.0 Å². The predicted molar refractivity (Wildman–Crippen MR) is 44.0 cm³/mol. The van der Waals surface area contributed by atoms with Crippen molar-refractivity contribution in [3.05, 3.63) is 0 Å². The minimum absolute atomic E-state index is 0.679. The lowest BCUT2D eigenvalue weighted by Crippen LogP contribution is -2.14. The Bertz CT molecular complexity index is 78.7. The van der Waals surface area contributed by atoms with Gasteiger partial charge < -0.3 is 4.79 Å². The molecular weight excluding hydrogens is 124 g/mol. The zero-order valence-electron chi connectivity index (χ0n) is 7.15. The molecule has 0 spiro atoms. The molecule has 1 fully saturated rings. The van der Waals surface area contributed by atoms with Crippen molar-refractivity contribution < 1.29 is 4.79 Å². The molecular formula is C9H18O. The van der Waals surface area contributed by atoms with Gasteiger partial charge in [-0.2, -0.15) is 0 Å². The molecule has 0 aromatic heterocycles. The van der Waals surface area contributed by atoms with E-state index in [-0.39, 0.29) is 0 Å². The second kappa shape index (κ2) is 4.48. The average Bonchev–Trinajstić information content (AvgIpc) is 1.92. The Hall–Kier alpha value is -0.330. The van der Waals surface area contributed by atoms with E-state index in [0.717, 1.165) is 0 Å². The van der Waals surface area contributed by atoms with Gasteiger partial charge in [0.2, 0.25) is 0 Å². The van der Waals surface area contributed by atoms with Gasteiger partial charge in [0.05, 0.1) is 0 Å². The van der Waals surface area contributed by atoms with Crippen molar-refractivity contribution in [1.82, 2.24) is 0 Å². The van der Waals surface area contributed by atoms with Gasteiger partial charge in [-0.05, 0) is 18.3 Å². The van der Waals surface area contributed by atoms with Crippen LogP contribution < -0.4 is 0 Å². The first-order valence-corrected chi connectivity index (χ1v) is 4.00. The van der Waals surface area contributed by atoms with Gasteiger partial charge in [0.15, 0.2) is 0 Å². The zero-order chi connectivity index (χ0) is 8.04. The highest BCUT2D eigenvalue weighted by Crippen LogP contribution is 2.34. The Kier molecular flexibility index (Phi) is 4.33. The molecule has 0 aliphatic heterocycles. The largest absolute Gasteiger partial charge is 0.307 e. The molecule has 0 aromatic rings. The van der Waals surface area contributed by atoms with Crippen molar-refractivity contribution in [2.45, 2.75) is 46.0 Å². The molecule has 1 aliphatic carbocycles. The third kappa shape index (κ3) is 3.65. The van der Waals surface area contributed by atoms with Crippen LogP contribution in [-0.2, 0) is 4.79 Å². The van der Waals surface area contributed by atoms with Gasteiger partial charge in [-0.25, -0.2) is 0 Å². The second-order valence-corrected chi connectivity index (χ2v) is 3.72. The summed E-state index contributed by atoms with van der Waals surface area (Å²) in [5.74, 6) is 0. The fraction of sp³-hybridized carbons (Fsp3) is 0.889. The molecule has 1 heteroatoms. The van der Waals surface area contributed by atoms with Crippen LogP contribution >= 0.6 is 0 Å². The number of carbonyl (C=O) groups excluding carboxylic acids is 1. The van der Waals surface area contributed by atoms with Crippen LogP contribution in [0.2, 0.25) is 0 Å². The van der Waals surface area contributed by atoms with Crippen LogP contribution in [0.25, 0.3) is 0 Å². The maximum absolute atomic E-state index is 8.00. The number of carbonyl (C=O) groups is 1. The van der Waals surface area contributed by atoms with Gasteiger partial charge in [-0.3, -0.25) is 0 Å². The van der Waals surface area contributed by atoms with Crippen molar-refractivity contribution in [1.29, 1.82) is 0 Å². The van der Waals surface area contributed by atoms with Gasteiger partial charge in [0.25, 0.3) is 0 Å². The lowest BCUT2D eigenvalue weighted by Gasteiger charge is -2.28. The van der Waals surface area contributed by atoms with E-state index in [2.05, 4.69) is 13.8 Å². The van der Waals surface area contributed by atoms with Crippen molar-refractivity contribution in [2.75, 3.05) is 0 Å². The molecule has 60 valence electrons. The Labute approximate surface area is 63.8 Å². The summed E-state index contributed by atoms with van der Waals surface area (Å²) in [6.07, 6.45) is 7.31. The van der Waals surface area contributed by atoms with E-state index in [1.807, 2.05) is 6.79 Å². The molecule has 0 radical (unpaired) electrons. The molecule has 1 aliphatic rings. The number of hydrogen-bond acceptors (Lipinski definition) is 1. The maximum atomic E-state index is 8.00. The maximum Gasteiger partial charge on any atom is 0.106 e. The van der Waals surface area contributed by atoms with E-state index in [0.29, 0.717) is 5.41 Å². The molecule has 1 nitrogen and oxygen atoms in total. The fourth-order valence-corrected chi connectivity index (χ4v) is 1.51. The SMILES string of the molecule is C=O.CC1(C)CCCCC1. The van der Waals surface area contributed by atoms with Crippen LogP contribution in [0.4, 0.5) is 0 Å². The molecule has 0 bridgehead atoms. The summed E-state index contributed by atoms with van der Waals surface area (Å²) >= 11 is 0. The summed E-state index contributed by atoms with van der Waals surface area (Å²) < 4.78 is 0. The molecule has 1 rings (SSSR count). The molecule has 0 amide bonds. The number of hydrogen-bond donors (Lipinski definition) is 0. The highest BCUT2D eigenvalue weighted by Gasteiger charge is 2.19. The summed E-state index contributed by atoms with van der Waals surface area (Å²) in [5, 5.41) is 0. The Morgan fingerprint density at radius 1 is 1.00 bits per heavy atom. The van der Waals surface area contributed by atoms with E-state index in [1.165, 1.54) is 32.1 Å². The van der Waals surface area contributed by atoms with Crippen molar-refractivity contribution in [3.8, 4) is 0 Å². The van der Waals surface area contributed by atoms with Gasteiger partial charge in [-0.1, -0.05) is 33.1 Å². The van der Waals surface area contributed by atoms with Gasteiger partial charge in [0, 0.05) is 0 Å². The van der Waals surface area contributed by atoms with Gasteiger partial charge >= 0.3 is 0 Å². The zero-order valence-corrected chi connectivity index (χ0v) is 7.15. The Balaban J connectivity index is 0.000000371. The molecule has 0 atom stereocenters. The smallest absolute Gasteiger partial charge is 0.106 e. The molecule has 0 unspecified atom stereocenters. The summed E-state index contributed by atoms with van der Waals surface area (Å²) in [7, 11) is 0. The van der Waals surface area contributed by atoms with E-state index in [1.54, 1.807) is 0 Å². The van der Waals surface area contributed by atoms with Crippen LogP contribution in [0, 0.1) is 5.41 Å². The predicted octanol–water partition coefficient (Wildman–Crippen LogP) is 2.79. The average molecular weight is 142 g/mol. The van der Waals surface area contributed by atoms with Crippen LogP contribution in [0.5, 0.6) is 0 Å². The Morgan fingerprint density at radius 3 is 1.60 bits per heavy atom. The van der Waals surface area contributed by atoms with Gasteiger partial charge in [-0.15, -0.1) is 0 Å². The summed E-state index contributed by atoms with van der Waals surface area (Å²) in [6.45, 7) is 6.76. The normalized spacial score (nSPS) is 22.6. The third-order valence-electron chi connectivity index (χ3n) is 2.21. The highest BCUT2D eigenvalue weighted by atomic mass is 16.1. The topological polar surface area (TPSA) is 17.1 Å². The summed E-state index contributed by atoms with van der Waals surface area (Å²) in [4.78, 5) is 8.00. The van der Waals surface area contributed by atoms with Crippen molar-refractivity contribution >= 4 is 6.79 Å². The first-order valence-electron chi connectivity index (χ1n) is 4.00. The molecule has 0 N–H and O–H groups in total. The molecule has 0 heterocycles. The number of rotatable bonds is 0.